The van der Waals surface area contributed by atoms with Gasteiger partial charge in [0.1, 0.15) is 0 Å². The lowest BCUT2D eigenvalue weighted by Gasteiger charge is -2.18. The van der Waals surface area contributed by atoms with Gasteiger partial charge in [0.05, 0.1) is 11.3 Å². The first-order valence-electron chi connectivity index (χ1n) is 7.81. The first kappa shape index (κ1) is 16.0. The van der Waals surface area contributed by atoms with Gasteiger partial charge in [-0.05, 0) is 24.7 Å². The van der Waals surface area contributed by atoms with Gasteiger partial charge in [0, 0.05) is 23.0 Å². The molecule has 0 aliphatic carbocycles. The molecule has 0 fully saturated rings. The van der Waals surface area contributed by atoms with Gasteiger partial charge in [-0.2, -0.15) is 0 Å². The summed E-state index contributed by atoms with van der Waals surface area (Å²) < 4.78 is 1.49. The number of carboxylic acids is 1. The molecule has 24 heavy (non-hydrogen) atoms. The van der Waals surface area contributed by atoms with Gasteiger partial charge in [-0.15, -0.1) is 0 Å². The van der Waals surface area contributed by atoms with Gasteiger partial charge in [0.2, 0.25) is 0 Å². The van der Waals surface area contributed by atoms with Gasteiger partial charge >= 0.3 is 5.97 Å². The van der Waals surface area contributed by atoms with Gasteiger partial charge in [-0.25, -0.2) is 4.79 Å². The van der Waals surface area contributed by atoms with Crippen molar-refractivity contribution in [2.24, 2.45) is 0 Å². The molecule has 0 spiro atoms. The Morgan fingerprint density at radius 1 is 1.04 bits per heavy atom. The minimum Gasteiger partial charge on any atom is -0.478 e. The summed E-state index contributed by atoms with van der Waals surface area (Å²) in [7, 11) is 0. The summed E-state index contributed by atoms with van der Waals surface area (Å²) in [4.78, 5) is 25.0. The van der Waals surface area contributed by atoms with E-state index < -0.39 is 5.97 Å². The number of nitrogens with zero attached hydrogens (tertiary/aromatic N) is 1. The molecule has 0 unspecified atom stereocenters. The van der Waals surface area contributed by atoms with Crippen LogP contribution in [0.3, 0.4) is 0 Å². The number of hydrogen-bond acceptors (Lipinski definition) is 3. The Labute approximate surface area is 139 Å². The van der Waals surface area contributed by atoms with E-state index in [0.29, 0.717) is 35.2 Å². The maximum absolute atomic E-state index is 13.0. The van der Waals surface area contributed by atoms with Crippen molar-refractivity contribution < 1.29 is 9.90 Å². The number of rotatable bonds is 5. The van der Waals surface area contributed by atoms with Crippen molar-refractivity contribution in [3.05, 3.63) is 76.2 Å². The highest BCUT2D eigenvalue weighted by Gasteiger charge is 2.21. The summed E-state index contributed by atoms with van der Waals surface area (Å²) in [6.07, 6.45) is 0. The first-order valence-corrected chi connectivity index (χ1v) is 7.81. The van der Waals surface area contributed by atoms with Crippen molar-refractivity contribution >= 4 is 16.7 Å². The van der Waals surface area contributed by atoms with Gasteiger partial charge in [0.15, 0.2) is 0 Å². The van der Waals surface area contributed by atoms with Crippen LogP contribution in [0.4, 0.5) is 0 Å². The number of hydrogen-bond donors (Lipinski definition) is 2. The average Bonchev–Trinajstić information content (AvgIpc) is 2.60. The third-order valence-corrected chi connectivity index (χ3v) is 3.96. The van der Waals surface area contributed by atoms with Crippen LogP contribution in [0.2, 0.25) is 0 Å². The molecule has 0 amide bonds. The highest BCUT2D eigenvalue weighted by molar-refractivity contribution is 6.04. The van der Waals surface area contributed by atoms with Crippen LogP contribution in [0.25, 0.3) is 16.5 Å². The number of nitrogens with one attached hydrogen (secondary N) is 1. The quantitative estimate of drug-likeness (QED) is 0.758. The average molecular weight is 322 g/mol. The molecule has 2 aromatic carbocycles. The summed E-state index contributed by atoms with van der Waals surface area (Å²) in [6.45, 7) is 2.91. The fourth-order valence-electron chi connectivity index (χ4n) is 2.90. The Kier molecular flexibility index (Phi) is 4.44. The number of benzene rings is 2. The van der Waals surface area contributed by atoms with Crippen LogP contribution >= 0.6 is 0 Å². The predicted octanol–water partition coefficient (Wildman–Crippen LogP) is 2.80. The van der Waals surface area contributed by atoms with E-state index in [-0.39, 0.29) is 11.1 Å². The smallest absolute Gasteiger partial charge is 0.338 e. The largest absolute Gasteiger partial charge is 0.478 e. The second-order valence-electron chi connectivity index (χ2n) is 5.43. The van der Waals surface area contributed by atoms with Crippen LogP contribution in [-0.4, -0.2) is 22.2 Å². The van der Waals surface area contributed by atoms with Crippen molar-refractivity contribution in [3.63, 3.8) is 0 Å². The van der Waals surface area contributed by atoms with Gasteiger partial charge < -0.3 is 10.4 Å². The second kappa shape index (κ2) is 6.68. The van der Waals surface area contributed by atoms with Gasteiger partial charge in [-0.3, -0.25) is 9.36 Å². The van der Waals surface area contributed by atoms with E-state index in [2.05, 4.69) is 5.32 Å². The Balaban J connectivity index is 2.46. The molecule has 0 saturated heterocycles. The number of pyridine rings is 1. The summed E-state index contributed by atoms with van der Waals surface area (Å²) in [5.41, 5.74) is 1.06. The van der Waals surface area contributed by atoms with Crippen molar-refractivity contribution in [2.75, 3.05) is 6.54 Å². The number of fused-ring (bicyclic) bond motifs is 1. The van der Waals surface area contributed by atoms with Crippen molar-refractivity contribution in [1.29, 1.82) is 0 Å². The summed E-state index contributed by atoms with van der Waals surface area (Å²) in [5.74, 6) is -1.04. The number of aromatic carboxylic acids is 1. The summed E-state index contributed by atoms with van der Waals surface area (Å²) in [6, 6.07) is 16.0. The van der Waals surface area contributed by atoms with Gasteiger partial charge in [0.25, 0.3) is 5.56 Å². The Morgan fingerprint density at radius 3 is 2.29 bits per heavy atom. The van der Waals surface area contributed by atoms with E-state index in [0.717, 1.165) is 0 Å². The molecule has 0 bridgehead atoms. The standard InChI is InChI=1S/C19H18N2O3/c1-2-20-12-16-17(19(23)24)14-10-6-7-11-15(14)18(22)21(16)13-8-4-3-5-9-13/h3-11,20H,2,12H2,1H3,(H,23,24). The number of carbonyl (C=O) groups is 1. The topological polar surface area (TPSA) is 71.3 Å². The molecule has 0 saturated carbocycles. The first-order chi connectivity index (χ1) is 11.6. The predicted molar refractivity (Wildman–Crippen MR) is 93.9 cm³/mol. The molecule has 5 nitrogen and oxygen atoms in total. The third kappa shape index (κ3) is 2.70. The highest BCUT2D eigenvalue weighted by Crippen LogP contribution is 2.22. The molecular weight excluding hydrogens is 304 g/mol. The molecule has 1 heterocycles. The third-order valence-electron chi connectivity index (χ3n) is 3.96. The number of carboxylic acid groups (broad SMARTS) is 1. The van der Waals surface area contributed by atoms with E-state index in [4.69, 9.17) is 0 Å². The van der Waals surface area contributed by atoms with Crippen LogP contribution in [0.5, 0.6) is 0 Å². The molecular formula is C19H18N2O3. The minimum atomic E-state index is -1.04. The van der Waals surface area contributed by atoms with Crippen molar-refractivity contribution in [1.82, 2.24) is 9.88 Å². The zero-order chi connectivity index (χ0) is 17.1. The lowest BCUT2D eigenvalue weighted by atomic mass is 10.0. The van der Waals surface area contributed by atoms with Gasteiger partial charge in [-0.1, -0.05) is 43.3 Å². The van der Waals surface area contributed by atoms with Crippen molar-refractivity contribution in [3.8, 4) is 5.69 Å². The van der Waals surface area contributed by atoms with E-state index in [1.165, 1.54) is 4.57 Å². The van der Waals surface area contributed by atoms with Crippen LogP contribution in [-0.2, 0) is 6.54 Å². The minimum absolute atomic E-state index is 0.162. The van der Waals surface area contributed by atoms with Crippen LogP contribution in [0.1, 0.15) is 23.0 Å². The molecule has 122 valence electrons. The fraction of sp³-hybridized carbons (Fsp3) is 0.158. The molecule has 0 atom stereocenters. The molecule has 5 heteroatoms. The second-order valence-corrected chi connectivity index (χ2v) is 5.43. The van der Waals surface area contributed by atoms with E-state index in [1.54, 1.807) is 36.4 Å². The molecule has 3 rings (SSSR count). The summed E-state index contributed by atoms with van der Waals surface area (Å²) in [5, 5.41) is 13.8. The monoisotopic (exact) mass is 322 g/mol. The molecule has 2 N–H and O–H groups in total. The number of para-hydroxylation sites is 1. The zero-order valence-electron chi connectivity index (χ0n) is 13.3. The Bertz CT molecular complexity index is 946. The summed E-state index contributed by atoms with van der Waals surface area (Å²) >= 11 is 0. The normalized spacial score (nSPS) is 10.9. The molecule has 3 aromatic rings. The number of aromatic nitrogens is 1. The Hall–Kier alpha value is -2.92. The Morgan fingerprint density at radius 2 is 1.67 bits per heavy atom. The van der Waals surface area contributed by atoms with E-state index in [9.17, 15) is 14.7 Å². The zero-order valence-corrected chi connectivity index (χ0v) is 13.3. The molecule has 0 aliphatic rings. The molecule has 0 aliphatic heterocycles. The SMILES string of the molecule is CCNCc1c(C(=O)O)c2ccccc2c(=O)n1-c1ccccc1. The fourth-order valence-corrected chi connectivity index (χ4v) is 2.90. The maximum atomic E-state index is 13.0. The molecule has 1 aromatic heterocycles. The van der Waals surface area contributed by atoms with E-state index >= 15 is 0 Å². The molecule has 0 radical (unpaired) electrons. The maximum Gasteiger partial charge on any atom is 0.338 e. The highest BCUT2D eigenvalue weighted by atomic mass is 16.4. The van der Waals surface area contributed by atoms with E-state index in [1.807, 2.05) is 25.1 Å². The van der Waals surface area contributed by atoms with Crippen LogP contribution in [0.15, 0.2) is 59.4 Å². The van der Waals surface area contributed by atoms with Crippen molar-refractivity contribution in [2.45, 2.75) is 13.5 Å². The van der Waals surface area contributed by atoms with Crippen LogP contribution in [0, 0.1) is 0 Å². The van der Waals surface area contributed by atoms with Crippen LogP contribution < -0.4 is 10.9 Å². The lowest BCUT2D eigenvalue weighted by molar-refractivity contribution is 0.0697. The lowest BCUT2D eigenvalue weighted by Crippen LogP contribution is -2.29.